The predicted octanol–water partition coefficient (Wildman–Crippen LogP) is 2.72. The number of fused-ring (bicyclic) bond motifs is 1. The monoisotopic (exact) mass is 340 g/mol. The van der Waals surface area contributed by atoms with E-state index in [1.165, 1.54) is 0 Å². The van der Waals surface area contributed by atoms with E-state index in [4.69, 9.17) is 4.74 Å². The van der Waals surface area contributed by atoms with Crippen LogP contribution in [-0.4, -0.2) is 54.9 Å². The highest BCUT2D eigenvalue weighted by atomic mass is 16.5. The van der Waals surface area contributed by atoms with Crippen LogP contribution in [0.15, 0.2) is 0 Å². The van der Waals surface area contributed by atoms with Crippen LogP contribution in [0.5, 0.6) is 0 Å². The Morgan fingerprint density at radius 2 is 2.08 bits per heavy atom. The average molecular weight is 340 g/mol. The maximum atomic E-state index is 12.4. The van der Waals surface area contributed by atoms with Crippen molar-refractivity contribution in [1.82, 2.24) is 10.2 Å². The molecule has 2 aliphatic rings. The number of carbonyl (C=O) groups excluding carboxylic acids is 1. The van der Waals surface area contributed by atoms with Gasteiger partial charge in [0.05, 0.1) is 11.5 Å². The highest BCUT2D eigenvalue weighted by Gasteiger charge is 2.55. The fraction of sp³-hybridized carbons (Fsp3) is 0.889. The number of urea groups is 1. The van der Waals surface area contributed by atoms with E-state index in [2.05, 4.69) is 19.2 Å². The molecular weight excluding hydrogens is 308 g/mol. The van der Waals surface area contributed by atoms with E-state index in [-0.39, 0.29) is 18.1 Å². The highest BCUT2D eigenvalue weighted by molar-refractivity contribution is 5.80. The molecule has 1 saturated heterocycles. The number of amides is 2. The quantitative estimate of drug-likeness (QED) is 0.712. The summed E-state index contributed by atoms with van der Waals surface area (Å²) in [6.45, 7) is 5.80. The Labute approximate surface area is 144 Å². The summed E-state index contributed by atoms with van der Waals surface area (Å²) in [4.78, 5) is 25.8. The summed E-state index contributed by atoms with van der Waals surface area (Å²) in [6.07, 6.45) is 5.64. The smallest absolute Gasteiger partial charge is 0.317 e. The first-order chi connectivity index (χ1) is 11.5. The third kappa shape index (κ3) is 3.68. The summed E-state index contributed by atoms with van der Waals surface area (Å²) in [5, 5.41) is 12.5. The maximum Gasteiger partial charge on any atom is 0.317 e. The van der Waals surface area contributed by atoms with Crippen molar-refractivity contribution in [3.63, 3.8) is 0 Å². The second-order valence-corrected chi connectivity index (χ2v) is 7.30. The van der Waals surface area contributed by atoms with Gasteiger partial charge in [-0.1, -0.05) is 33.1 Å². The Hall–Kier alpha value is -1.30. The van der Waals surface area contributed by atoms with E-state index >= 15 is 0 Å². The van der Waals surface area contributed by atoms with Crippen molar-refractivity contribution < 1.29 is 19.4 Å². The zero-order valence-electron chi connectivity index (χ0n) is 15.2. The van der Waals surface area contributed by atoms with Crippen LogP contribution in [-0.2, 0) is 9.53 Å². The van der Waals surface area contributed by atoms with Gasteiger partial charge >= 0.3 is 12.0 Å². The summed E-state index contributed by atoms with van der Waals surface area (Å²) in [5.41, 5.74) is -0.706. The van der Waals surface area contributed by atoms with E-state index in [0.29, 0.717) is 32.0 Å². The lowest BCUT2D eigenvalue weighted by molar-refractivity contribution is -0.149. The van der Waals surface area contributed by atoms with Crippen LogP contribution in [0.4, 0.5) is 4.79 Å². The van der Waals surface area contributed by atoms with Gasteiger partial charge in [-0.15, -0.1) is 0 Å². The number of nitrogens with zero attached hydrogens (tertiary/aromatic N) is 1. The Morgan fingerprint density at radius 1 is 1.38 bits per heavy atom. The molecule has 6 nitrogen and oxygen atoms in total. The molecule has 1 saturated carbocycles. The summed E-state index contributed by atoms with van der Waals surface area (Å²) in [6, 6.07) is -0.135. The molecule has 1 aliphatic heterocycles. The number of hydrogen-bond acceptors (Lipinski definition) is 3. The Bertz CT molecular complexity index is 452. The molecule has 0 bridgehead atoms. The molecular formula is C18H32N2O4. The van der Waals surface area contributed by atoms with E-state index < -0.39 is 11.4 Å². The van der Waals surface area contributed by atoms with Crippen LogP contribution in [0.1, 0.15) is 52.4 Å². The first kappa shape index (κ1) is 19.0. The van der Waals surface area contributed by atoms with Gasteiger partial charge in [0.1, 0.15) is 0 Å². The van der Waals surface area contributed by atoms with Crippen molar-refractivity contribution in [2.24, 2.45) is 17.3 Å². The van der Waals surface area contributed by atoms with Gasteiger partial charge in [0, 0.05) is 26.7 Å². The molecule has 138 valence electrons. The van der Waals surface area contributed by atoms with Crippen LogP contribution in [0.2, 0.25) is 0 Å². The largest absolute Gasteiger partial charge is 0.481 e. The van der Waals surface area contributed by atoms with Gasteiger partial charge in [-0.2, -0.15) is 0 Å². The molecule has 0 aromatic heterocycles. The second-order valence-electron chi connectivity index (χ2n) is 7.30. The van der Waals surface area contributed by atoms with Gasteiger partial charge in [0.25, 0.3) is 0 Å². The first-order valence-corrected chi connectivity index (χ1v) is 9.27. The maximum absolute atomic E-state index is 12.4. The van der Waals surface area contributed by atoms with E-state index in [0.717, 1.165) is 32.1 Å². The number of carbonyl (C=O) groups is 2. The number of methoxy groups -OCH3 is 1. The number of carboxylic acid groups (broad SMARTS) is 1. The molecule has 2 rings (SSSR count). The molecule has 1 aliphatic carbocycles. The molecule has 24 heavy (non-hydrogen) atoms. The summed E-state index contributed by atoms with van der Waals surface area (Å²) in [7, 11) is 1.73. The van der Waals surface area contributed by atoms with Crippen molar-refractivity contribution in [3.05, 3.63) is 0 Å². The average Bonchev–Trinajstić information content (AvgIpc) is 3.12. The Balaban J connectivity index is 1.83. The van der Waals surface area contributed by atoms with Crippen molar-refractivity contribution >= 4 is 12.0 Å². The molecule has 0 spiro atoms. The lowest BCUT2D eigenvalue weighted by Crippen LogP contribution is -2.42. The number of likely N-dealkylation sites (tertiary alicyclic amines) is 1. The van der Waals surface area contributed by atoms with Crippen LogP contribution in [0.3, 0.4) is 0 Å². The van der Waals surface area contributed by atoms with E-state index in [1.807, 2.05) is 0 Å². The molecule has 1 unspecified atom stereocenters. The second kappa shape index (κ2) is 8.19. The normalized spacial score (nSPS) is 27.3. The van der Waals surface area contributed by atoms with Crippen LogP contribution < -0.4 is 5.32 Å². The van der Waals surface area contributed by atoms with Crippen molar-refractivity contribution in [1.29, 1.82) is 0 Å². The standard InChI is InChI=1S/C18H32N2O4/c1-4-13(5-2)15(24-3)8-10-19-17(23)20-11-14-7-6-9-18(14,12-20)16(21)22/h13-15H,4-12H2,1-3H3,(H,19,23)(H,21,22)/t14-,15?,18+/m0/s1. The molecule has 0 aromatic rings. The van der Waals surface area contributed by atoms with E-state index in [1.54, 1.807) is 12.0 Å². The van der Waals surface area contributed by atoms with Gasteiger partial charge in [-0.3, -0.25) is 4.79 Å². The molecule has 2 N–H and O–H groups in total. The number of carboxylic acids is 1. The molecule has 1 heterocycles. The van der Waals surface area contributed by atoms with Gasteiger partial charge in [-0.25, -0.2) is 4.79 Å². The number of nitrogens with one attached hydrogen (secondary N) is 1. The fourth-order valence-electron chi connectivity index (χ4n) is 4.59. The summed E-state index contributed by atoms with van der Waals surface area (Å²) < 4.78 is 5.57. The molecule has 3 atom stereocenters. The third-order valence-corrected chi connectivity index (χ3v) is 6.17. The molecule has 0 radical (unpaired) electrons. The highest BCUT2D eigenvalue weighted by Crippen LogP contribution is 2.48. The van der Waals surface area contributed by atoms with E-state index in [9.17, 15) is 14.7 Å². The number of hydrogen-bond donors (Lipinski definition) is 2. The zero-order valence-corrected chi connectivity index (χ0v) is 15.2. The molecule has 6 heteroatoms. The van der Waals surface area contributed by atoms with Gasteiger partial charge in [0.15, 0.2) is 0 Å². The number of aliphatic carboxylic acids is 1. The summed E-state index contributed by atoms with van der Waals surface area (Å²) >= 11 is 0. The minimum absolute atomic E-state index is 0.108. The van der Waals surface area contributed by atoms with Gasteiger partial charge in [-0.05, 0) is 31.1 Å². The zero-order chi connectivity index (χ0) is 17.7. The molecule has 0 aromatic carbocycles. The molecule has 2 fully saturated rings. The minimum atomic E-state index is -0.742. The van der Waals surface area contributed by atoms with Crippen molar-refractivity contribution in [2.75, 3.05) is 26.7 Å². The minimum Gasteiger partial charge on any atom is -0.481 e. The van der Waals surface area contributed by atoms with Crippen molar-refractivity contribution in [2.45, 2.75) is 58.5 Å². The Kier molecular flexibility index (Phi) is 6.49. The van der Waals surface area contributed by atoms with Crippen LogP contribution >= 0.6 is 0 Å². The van der Waals surface area contributed by atoms with Crippen LogP contribution in [0.25, 0.3) is 0 Å². The predicted molar refractivity (Wildman–Crippen MR) is 91.9 cm³/mol. The first-order valence-electron chi connectivity index (χ1n) is 9.27. The number of ether oxygens (including phenoxy) is 1. The number of rotatable bonds is 8. The summed E-state index contributed by atoms with van der Waals surface area (Å²) in [5.74, 6) is -0.126. The van der Waals surface area contributed by atoms with Crippen LogP contribution in [0, 0.1) is 17.3 Å². The lowest BCUT2D eigenvalue weighted by Gasteiger charge is -2.25. The third-order valence-electron chi connectivity index (χ3n) is 6.17. The fourth-order valence-corrected chi connectivity index (χ4v) is 4.59. The lowest BCUT2D eigenvalue weighted by atomic mass is 9.81. The Morgan fingerprint density at radius 3 is 2.62 bits per heavy atom. The van der Waals surface area contributed by atoms with Gasteiger partial charge < -0.3 is 20.1 Å². The molecule has 2 amide bonds. The SMILES string of the molecule is CCC(CC)C(CCNC(=O)N1C[C@@H]2CCC[C@@]2(C(=O)O)C1)OC. The van der Waals surface area contributed by atoms with Gasteiger partial charge in [0.2, 0.25) is 0 Å². The van der Waals surface area contributed by atoms with Crippen molar-refractivity contribution in [3.8, 4) is 0 Å². The topological polar surface area (TPSA) is 78.9 Å².